The molecule has 1 aliphatic rings. The fraction of sp³-hybridized carbons (Fsp3) is 0.500. The highest BCUT2D eigenvalue weighted by Crippen LogP contribution is 2.18. The third-order valence-corrected chi connectivity index (χ3v) is 3.20. The molecule has 3 rings (SSSR count). The lowest BCUT2D eigenvalue weighted by Crippen LogP contribution is -2.25. The van der Waals surface area contributed by atoms with Gasteiger partial charge in [0, 0.05) is 12.2 Å². The van der Waals surface area contributed by atoms with E-state index in [2.05, 4.69) is 20.4 Å². The van der Waals surface area contributed by atoms with E-state index in [4.69, 9.17) is 4.52 Å². The average molecular weight is 232 g/mol. The number of nitrogens with one attached hydrogen (secondary N) is 2. The molecule has 0 spiro atoms. The Kier molecular flexibility index (Phi) is 2.92. The van der Waals surface area contributed by atoms with Crippen molar-refractivity contribution in [1.82, 2.24) is 20.4 Å². The minimum Gasteiger partial charge on any atom is -0.359 e. The summed E-state index contributed by atoms with van der Waals surface area (Å²) in [6.45, 7) is 0.665. The van der Waals surface area contributed by atoms with Crippen LogP contribution in [0, 0.1) is 0 Å². The molecule has 0 radical (unpaired) electrons. The Morgan fingerprint density at radius 2 is 2.29 bits per heavy atom. The van der Waals surface area contributed by atoms with Crippen LogP contribution in [0.4, 0.5) is 0 Å². The van der Waals surface area contributed by atoms with E-state index in [0.717, 1.165) is 5.69 Å². The summed E-state index contributed by atoms with van der Waals surface area (Å²) >= 11 is 0. The minimum atomic E-state index is 0.621. The van der Waals surface area contributed by atoms with Gasteiger partial charge in [-0.1, -0.05) is 18.0 Å². The molecule has 1 aliphatic carbocycles. The van der Waals surface area contributed by atoms with E-state index in [-0.39, 0.29) is 0 Å². The zero-order chi connectivity index (χ0) is 11.5. The first-order valence-electron chi connectivity index (χ1n) is 6.11. The molecule has 90 valence electrons. The second kappa shape index (κ2) is 4.71. The maximum atomic E-state index is 5.20. The largest absolute Gasteiger partial charge is 0.359 e. The summed E-state index contributed by atoms with van der Waals surface area (Å²) in [5.74, 6) is 1.28. The predicted molar refractivity (Wildman–Crippen MR) is 63.2 cm³/mol. The molecule has 5 heteroatoms. The molecule has 0 unspecified atom stereocenters. The number of hydrogen-bond donors (Lipinski definition) is 2. The van der Waals surface area contributed by atoms with Gasteiger partial charge in [-0.2, -0.15) is 4.98 Å². The lowest BCUT2D eigenvalue weighted by molar-refractivity contribution is 0.357. The number of aromatic amines is 1. The fourth-order valence-electron chi connectivity index (χ4n) is 2.27. The van der Waals surface area contributed by atoms with Gasteiger partial charge in [-0.05, 0) is 25.0 Å². The van der Waals surface area contributed by atoms with Crippen LogP contribution < -0.4 is 5.32 Å². The summed E-state index contributed by atoms with van der Waals surface area (Å²) < 4.78 is 5.20. The zero-order valence-corrected chi connectivity index (χ0v) is 9.65. The van der Waals surface area contributed by atoms with Crippen molar-refractivity contribution in [3.05, 3.63) is 24.2 Å². The van der Waals surface area contributed by atoms with Crippen molar-refractivity contribution in [3.8, 4) is 11.5 Å². The third-order valence-electron chi connectivity index (χ3n) is 3.20. The van der Waals surface area contributed by atoms with E-state index < -0.39 is 0 Å². The summed E-state index contributed by atoms with van der Waals surface area (Å²) in [7, 11) is 0. The maximum absolute atomic E-state index is 5.20. The summed E-state index contributed by atoms with van der Waals surface area (Å²) in [6.07, 6.45) is 7.03. The monoisotopic (exact) mass is 232 g/mol. The number of nitrogens with zero attached hydrogens (tertiary/aromatic N) is 2. The van der Waals surface area contributed by atoms with E-state index in [1.165, 1.54) is 25.7 Å². The van der Waals surface area contributed by atoms with Gasteiger partial charge in [0.25, 0.3) is 0 Å². The predicted octanol–water partition coefficient (Wildman–Crippen LogP) is 2.10. The minimum absolute atomic E-state index is 0.621. The Morgan fingerprint density at radius 3 is 3.06 bits per heavy atom. The van der Waals surface area contributed by atoms with Crippen molar-refractivity contribution in [2.24, 2.45) is 0 Å². The van der Waals surface area contributed by atoms with Crippen LogP contribution in [0.1, 0.15) is 31.6 Å². The van der Waals surface area contributed by atoms with Gasteiger partial charge in [0.05, 0.1) is 12.2 Å². The molecule has 0 saturated heterocycles. The van der Waals surface area contributed by atoms with Gasteiger partial charge in [0.2, 0.25) is 11.7 Å². The number of aromatic nitrogens is 3. The first kappa shape index (κ1) is 10.5. The Labute approximate surface area is 99.6 Å². The lowest BCUT2D eigenvalue weighted by atomic mass is 10.2. The van der Waals surface area contributed by atoms with Crippen molar-refractivity contribution in [2.75, 3.05) is 0 Å². The molecule has 5 nitrogen and oxygen atoms in total. The van der Waals surface area contributed by atoms with Crippen molar-refractivity contribution in [3.63, 3.8) is 0 Å². The number of hydrogen-bond acceptors (Lipinski definition) is 4. The van der Waals surface area contributed by atoms with Crippen LogP contribution in [0.5, 0.6) is 0 Å². The van der Waals surface area contributed by atoms with Crippen molar-refractivity contribution >= 4 is 0 Å². The van der Waals surface area contributed by atoms with Crippen LogP contribution in [0.3, 0.4) is 0 Å². The van der Waals surface area contributed by atoms with E-state index in [0.29, 0.717) is 24.3 Å². The lowest BCUT2D eigenvalue weighted by Gasteiger charge is -2.08. The molecule has 0 aromatic carbocycles. The average Bonchev–Trinajstić information content (AvgIpc) is 3.09. The summed E-state index contributed by atoms with van der Waals surface area (Å²) in [4.78, 5) is 7.40. The Morgan fingerprint density at radius 1 is 1.41 bits per heavy atom. The fourth-order valence-corrected chi connectivity index (χ4v) is 2.27. The second-order valence-electron chi connectivity index (χ2n) is 4.46. The SMILES string of the molecule is c1c[nH]c(-c2noc(CNC3CCCC3)n2)c1. The molecule has 2 aromatic heterocycles. The molecule has 17 heavy (non-hydrogen) atoms. The quantitative estimate of drug-likeness (QED) is 0.847. The molecular formula is C12H16N4O. The molecule has 0 bridgehead atoms. The highest BCUT2D eigenvalue weighted by Gasteiger charge is 2.15. The summed E-state index contributed by atoms with van der Waals surface area (Å²) in [6, 6.07) is 4.47. The summed E-state index contributed by atoms with van der Waals surface area (Å²) in [5.41, 5.74) is 0.890. The highest BCUT2D eigenvalue weighted by atomic mass is 16.5. The van der Waals surface area contributed by atoms with Gasteiger partial charge in [-0.25, -0.2) is 0 Å². The molecule has 1 saturated carbocycles. The van der Waals surface area contributed by atoms with Crippen LogP contribution in [0.25, 0.3) is 11.5 Å². The first-order valence-corrected chi connectivity index (χ1v) is 6.11. The Hall–Kier alpha value is -1.62. The molecule has 0 aliphatic heterocycles. The number of H-pyrrole nitrogens is 1. The van der Waals surface area contributed by atoms with Crippen LogP contribution in [0.15, 0.2) is 22.9 Å². The molecule has 0 atom stereocenters. The smallest absolute Gasteiger partial charge is 0.240 e. The van der Waals surface area contributed by atoms with Gasteiger partial charge in [-0.15, -0.1) is 0 Å². The van der Waals surface area contributed by atoms with E-state index in [1.54, 1.807) is 0 Å². The Balaban J connectivity index is 1.60. The number of rotatable bonds is 4. The van der Waals surface area contributed by atoms with Crippen LogP contribution in [-0.4, -0.2) is 21.2 Å². The topological polar surface area (TPSA) is 66.7 Å². The first-order chi connectivity index (χ1) is 8.42. The third kappa shape index (κ3) is 2.39. The standard InChI is InChI=1S/C12H16N4O/c1-2-5-9(4-1)14-8-11-15-12(16-17-11)10-6-3-7-13-10/h3,6-7,9,13-14H,1-2,4-5,8H2. The van der Waals surface area contributed by atoms with Crippen molar-refractivity contribution in [1.29, 1.82) is 0 Å². The van der Waals surface area contributed by atoms with E-state index in [1.807, 2.05) is 18.3 Å². The molecular weight excluding hydrogens is 216 g/mol. The van der Waals surface area contributed by atoms with Gasteiger partial charge in [0.1, 0.15) is 0 Å². The van der Waals surface area contributed by atoms with E-state index >= 15 is 0 Å². The Bertz CT molecular complexity index is 457. The normalized spacial score (nSPS) is 16.7. The van der Waals surface area contributed by atoms with Crippen LogP contribution in [-0.2, 0) is 6.54 Å². The van der Waals surface area contributed by atoms with Gasteiger partial charge >= 0.3 is 0 Å². The zero-order valence-electron chi connectivity index (χ0n) is 9.65. The molecule has 0 amide bonds. The molecule has 2 heterocycles. The summed E-state index contributed by atoms with van der Waals surface area (Å²) in [5, 5.41) is 7.40. The van der Waals surface area contributed by atoms with E-state index in [9.17, 15) is 0 Å². The van der Waals surface area contributed by atoms with Gasteiger partial charge in [0.15, 0.2) is 0 Å². The second-order valence-corrected chi connectivity index (χ2v) is 4.46. The molecule has 2 N–H and O–H groups in total. The van der Waals surface area contributed by atoms with Crippen molar-refractivity contribution < 1.29 is 4.52 Å². The molecule has 2 aromatic rings. The van der Waals surface area contributed by atoms with Gasteiger partial charge < -0.3 is 14.8 Å². The van der Waals surface area contributed by atoms with Crippen LogP contribution in [0.2, 0.25) is 0 Å². The van der Waals surface area contributed by atoms with Gasteiger partial charge in [-0.3, -0.25) is 0 Å². The maximum Gasteiger partial charge on any atom is 0.240 e. The van der Waals surface area contributed by atoms with Crippen LogP contribution >= 0.6 is 0 Å². The highest BCUT2D eigenvalue weighted by molar-refractivity contribution is 5.47. The molecule has 1 fully saturated rings. The van der Waals surface area contributed by atoms with Crippen molar-refractivity contribution in [2.45, 2.75) is 38.3 Å².